The monoisotopic (exact) mass is 297 g/mol. The number of rotatable bonds is 8. The van der Waals surface area contributed by atoms with E-state index in [0.29, 0.717) is 5.65 Å². The van der Waals surface area contributed by atoms with Crippen LogP contribution in [0.25, 0.3) is 11.2 Å². The van der Waals surface area contributed by atoms with E-state index in [0.717, 1.165) is 50.1 Å². The van der Waals surface area contributed by atoms with Crippen LogP contribution < -0.4 is 5.32 Å². The minimum Gasteiger partial charge on any atom is -0.396 e. The Morgan fingerprint density at radius 3 is 2.90 bits per heavy atom. The van der Waals surface area contributed by atoms with Crippen LogP contribution in [0, 0.1) is 0 Å². The molecule has 2 N–H and O–H groups in total. The Hall–Kier alpha value is -1.40. The third-order valence-corrected chi connectivity index (χ3v) is 3.21. The highest BCUT2D eigenvalue weighted by Crippen LogP contribution is 2.21. The summed E-state index contributed by atoms with van der Waals surface area (Å²) in [6, 6.07) is 0. The molecule has 0 unspecified atom stereocenters. The first-order chi connectivity index (χ1) is 9.76. The molecule has 2 heterocycles. The van der Waals surface area contributed by atoms with Crippen molar-refractivity contribution in [3.8, 4) is 0 Å². The van der Waals surface area contributed by atoms with E-state index >= 15 is 0 Å². The Morgan fingerprint density at radius 1 is 1.30 bits per heavy atom. The van der Waals surface area contributed by atoms with Gasteiger partial charge in [0.05, 0.1) is 6.33 Å². The molecule has 0 aromatic carbocycles. The van der Waals surface area contributed by atoms with Crippen LogP contribution in [0.4, 0.5) is 5.82 Å². The number of unbranched alkanes of at least 4 members (excludes halogenated alkanes) is 2. The van der Waals surface area contributed by atoms with Crippen LogP contribution in [0.5, 0.6) is 0 Å². The fraction of sp³-hybridized carbons (Fsp3) is 0.615. The number of hydrogen-bond acceptors (Lipinski definition) is 5. The van der Waals surface area contributed by atoms with E-state index in [1.54, 1.807) is 6.33 Å². The fourth-order valence-electron chi connectivity index (χ4n) is 2.11. The predicted octanol–water partition coefficient (Wildman–Crippen LogP) is 2.46. The molecule has 2 rings (SSSR count). The maximum absolute atomic E-state index is 8.76. The summed E-state index contributed by atoms with van der Waals surface area (Å²) in [7, 11) is 0. The highest BCUT2D eigenvalue weighted by atomic mass is 35.5. The van der Waals surface area contributed by atoms with Gasteiger partial charge in [0.2, 0.25) is 5.28 Å². The van der Waals surface area contributed by atoms with Crippen LogP contribution in [0.1, 0.15) is 32.6 Å². The number of anilines is 1. The number of nitrogens with zero attached hydrogens (tertiary/aromatic N) is 4. The Bertz CT molecular complexity index is 557. The number of aromatic nitrogens is 4. The van der Waals surface area contributed by atoms with Gasteiger partial charge in [-0.1, -0.05) is 6.92 Å². The highest BCUT2D eigenvalue weighted by Gasteiger charge is 2.12. The van der Waals surface area contributed by atoms with E-state index in [1.807, 2.05) is 4.57 Å². The SMILES string of the molecule is CCCn1cnc2nc(Cl)nc(NCCCCCO)c21. The lowest BCUT2D eigenvalue weighted by molar-refractivity contribution is 0.283. The second-order valence-corrected chi connectivity index (χ2v) is 5.00. The molecule has 7 heteroatoms. The number of nitrogens with one attached hydrogen (secondary N) is 1. The lowest BCUT2D eigenvalue weighted by Crippen LogP contribution is -2.07. The summed E-state index contributed by atoms with van der Waals surface area (Å²) in [6.07, 6.45) is 5.58. The summed E-state index contributed by atoms with van der Waals surface area (Å²) in [5.74, 6) is 0.731. The van der Waals surface area contributed by atoms with Gasteiger partial charge in [-0.15, -0.1) is 0 Å². The summed E-state index contributed by atoms with van der Waals surface area (Å²) < 4.78 is 2.04. The summed E-state index contributed by atoms with van der Waals surface area (Å²) in [6.45, 7) is 4.03. The Morgan fingerprint density at radius 2 is 2.15 bits per heavy atom. The third-order valence-electron chi connectivity index (χ3n) is 3.04. The first-order valence-corrected chi connectivity index (χ1v) is 7.37. The van der Waals surface area contributed by atoms with Crippen molar-refractivity contribution in [1.29, 1.82) is 0 Å². The molecule has 110 valence electrons. The molecule has 2 aromatic heterocycles. The van der Waals surface area contributed by atoms with Crippen LogP contribution in [0.15, 0.2) is 6.33 Å². The number of hydrogen-bond donors (Lipinski definition) is 2. The van der Waals surface area contributed by atoms with Gasteiger partial charge in [0.15, 0.2) is 11.5 Å². The average molecular weight is 298 g/mol. The molecule has 0 amide bonds. The first kappa shape index (κ1) is 15.0. The van der Waals surface area contributed by atoms with Gasteiger partial charge in [0.25, 0.3) is 0 Å². The molecule has 2 aromatic rings. The van der Waals surface area contributed by atoms with Gasteiger partial charge in [0.1, 0.15) is 5.52 Å². The predicted molar refractivity (Wildman–Crippen MR) is 80.1 cm³/mol. The van der Waals surface area contributed by atoms with Crippen molar-refractivity contribution in [1.82, 2.24) is 19.5 Å². The van der Waals surface area contributed by atoms with Crippen LogP contribution in [0.2, 0.25) is 5.28 Å². The zero-order valence-electron chi connectivity index (χ0n) is 11.6. The van der Waals surface area contributed by atoms with E-state index < -0.39 is 0 Å². The molecule has 0 saturated heterocycles. The molecule has 20 heavy (non-hydrogen) atoms. The largest absolute Gasteiger partial charge is 0.396 e. The molecular formula is C13H20ClN5O. The summed E-state index contributed by atoms with van der Waals surface area (Å²) in [5, 5.41) is 12.3. The van der Waals surface area contributed by atoms with Gasteiger partial charge in [-0.2, -0.15) is 9.97 Å². The second-order valence-electron chi connectivity index (χ2n) is 4.66. The van der Waals surface area contributed by atoms with Crippen LogP contribution in [-0.2, 0) is 6.54 Å². The molecule has 0 spiro atoms. The van der Waals surface area contributed by atoms with Crippen molar-refractivity contribution in [2.75, 3.05) is 18.5 Å². The van der Waals surface area contributed by atoms with Gasteiger partial charge in [-0.05, 0) is 37.3 Å². The molecule has 0 saturated carbocycles. The average Bonchev–Trinajstić information content (AvgIpc) is 2.82. The molecule has 0 bridgehead atoms. The zero-order chi connectivity index (χ0) is 14.4. The quantitative estimate of drug-likeness (QED) is 0.578. The van der Waals surface area contributed by atoms with Crippen LogP contribution >= 0.6 is 11.6 Å². The van der Waals surface area contributed by atoms with Gasteiger partial charge in [-0.25, -0.2) is 4.98 Å². The van der Waals surface area contributed by atoms with Crippen LogP contribution in [0.3, 0.4) is 0 Å². The lowest BCUT2D eigenvalue weighted by Gasteiger charge is -2.09. The number of fused-ring (bicyclic) bond motifs is 1. The summed E-state index contributed by atoms with van der Waals surface area (Å²) in [4.78, 5) is 12.7. The normalized spacial score (nSPS) is 11.2. The second kappa shape index (κ2) is 7.40. The maximum atomic E-state index is 8.76. The van der Waals surface area contributed by atoms with Gasteiger partial charge in [0, 0.05) is 19.7 Å². The minimum absolute atomic E-state index is 0.206. The standard InChI is InChI=1S/C13H20ClN5O/c1-2-7-19-9-16-12-10(19)11(17-13(14)18-12)15-6-4-3-5-8-20/h9,20H,2-8H2,1H3,(H,15,17,18). The molecule has 6 nitrogen and oxygen atoms in total. The van der Waals surface area contributed by atoms with E-state index in [-0.39, 0.29) is 11.9 Å². The fourth-order valence-corrected chi connectivity index (χ4v) is 2.27. The number of imidazole rings is 1. The highest BCUT2D eigenvalue weighted by molar-refractivity contribution is 6.28. The van der Waals surface area contributed by atoms with Crippen molar-refractivity contribution in [2.45, 2.75) is 39.2 Å². The molecule has 0 fully saturated rings. The van der Waals surface area contributed by atoms with Crippen molar-refractivity contribution in [3.05, 3.63) is 11.6 Å². The van der Waals surface area contributed by atoms with E-state index in [4.69, 9.17) is 16.7 Å². The smallest absolute Gasteiger partial charge is 0.226 e. The summed E-state index contributed by atoms with van der Waals surface area (Å²) >= 11 is 5.93. The molecule has 0 aliphatic rings. The molecular weight excluding hydrogens is 278 g/mol. The molecule has 0 aliphatic carbocycles. The van der Waals surface area contributed by atoms with E-state index in [9.17, 15) is 0 Å². The Labute approximate surface area is 123 Å². The maximum Gasteiger partial charge on any atom is 0.226 e. The van der Waals surface area contributed by atoms with Gasteiger partial charge in [-0.3, -0.25) is 0 Å². The first-order valence-electron chi connectivity index (χ1n) is 6.99. The summed E-state index contributed by atoms with van der Waals surface area (Å²) in [5.41, 5.74) is 1.52. The third kappa shape index (κ3) is 3.58. The topological polar surface area (TPSA) is 75.9 Å². The number of aryl methyl sites for hydroxylation is 1. The van der Waals surface area contributed by atoms with E-state index in [2.05, 4.69) is 27.2 Å². The number of aliphatic hydroxyl groups excluding tert-OH is 1. The van der Waals surface area contributed by atoms with Crippen LogP contribution in [-0.4, -0.2) is 37.8 Å². The van der Waals surface area contributed by atoms with Gasteiger partial charge < -0.3 is 15.0 Å². The zero-order valence-corrected chi connectivity index (χ0v) is 12.4. The number of aliphatic hydroxyl groups is 1. The van der Waals surface area contributed by atoms with Gasteiger partial charge >= 0.3 is 0 Å². The molecule has 0 radical (unpaired) electrons. The van der Waals surface area contributed by atoms with Crippen molar-refractivity contribution >= 4 is 28.6 Å². The molecule has 0 aliphatic heterocycles. The van der Waals surface area contributed by atoms with E-state index in [1.165, 1.54) is 0 Å². The van der Waals surface area contributed by atoms with Crippen molar-refractivity contribution < 1.29 is 5.11 Å². The number of halogens is 1. The Kier molecular flexibility index (Phi) is 5.55. The Balaban J connectivity index is 2.15. The van der Waals surface area contributed by atoms with Crippen molar-refractivity contribution in [2.24, 2.45) is 0 Å². The molecule has 0 atom stereocenters. The lowest BCUT2D eigenvalue weighted by atomic mass is 10.2. The minimum atomic E-state index is 0.206. The van der Waals surface area contributed by atoms with Crippen molar-refractivity contribution in [3.63, 3.8) is 0 Å².